The van der Waals surface area contributed by atoms with Crippen LogP contribution in [0.1, 0.15) is 30.4 Å². The first-order valence-corrected chi connectivity index (χ1v) is 6.96. The number of rotatable bonds is 3. The second-order valence-corrected chi connectivity index (χ2v) is 5.47. The monoisotopic (exact) mass is 311 g/mol. The number of hydrogen-bond donors (Lipinski definition) is 1. The number of halogens is 3. The molecule has 4 nitrogen and oxygen atoms in total. The maximum absolute atomic E-state index is 12.7. The van der Waals surface area contributed by atoms with Crippen LogP contribution >= 0.6 is 0 Å². The topological polar surface area (TPSA) is 70.1 Å². The van der Waals surface area contributed by atoms with Crippen LogP contribution in [0, 0.1) is 17.2 Å². The smallest absolute Gasteiger partial charge is 0.370 e. The van der Waals surface area contributed by atoms with E-state index in [1.807, 2.05) is 11.0 Å². The van der Waals surface area contributed by atoms with Crippen molar-refractivity contribution in [2.24, 2.45) is 11.7 Å². The molecule has 118 valence electrons. The highest BCUT2D eigenvalue weighted by molar-refractivity contribution is 5.74. The third kappa shape index (κ3) is 3.70. The highest BCUT2D eigenvalue weighted by Gasteiger charge is 2.32. The van der Waals surface area contributed by atoms with E-state index in [0.29, 0.717) is 18.8 Å². The van der Waals surface area contributed by atoms with Crippen LogP contribution in [0.25, 0.3) is 0 Å². The maximum Gasteiger partial charge on any atom is 0.416 e. The fraction of sp³-hybridized carbons (Fsp3) is 0.467. The Labute approximate surface area is 126 Å². The molecule has 1 amide bonds. The van der Waals surface area contributed by atoms with Gasteiger partial charge in [0.1, 0.15) is 6.07 Å². The Morgan fingerprint density at radius 1 is 1.45 bits per heavy atom. The quantitative estimate of drug-likeness (QED) is 0.933. The molecule has 1 atom stereocenters. The van der Waals surface area contributed by atoms with E-state index in [0.717, 1.165) is 25.0 Å². The van der Waals surface area contributed by atoms with Gasteiger partial charge in [-0.1, -0.05) is 0 Å². The summed E-state index contributed by atoms with van der Waals surface area (Å²) in [5, 5.41) is 9.13. The zero-order chi connectivity index (χ0) is 16.3. The number of nitriles is 1. The Hall–Kier alpha value is -2.23. The molecule has 0 unspecified atom stereocenters. The molecular formula is C15H16F3N3O. The number of benzene rings is 1. The van der Waals surface area contributed by atoms with Crippen LogP contribution in [0.2, 0.25) is 0 Å². The van der Waals surface area contributed by atoms with Crippen LogP contribution in [-0.4, -0.2) is 19.0 Å². The molecule has 0 spiro atoms. The van der Waals surface area contributed by atoms with Gasteiger partial charge in [0.05, 0.1) is 16.8 Å². The Morgan fingerprint density at radius 3 is 2.77 bits per heavy atom. The van der Waals surface area contributed by atoms with E-state index in [4.69, 9.17) is 11.0 Å². The summed E-state index contributed by atoms with van der Waals surface area (Å²) < 4.78 is 38.1. The zero-order valence-electron chi connectivity index (χ0n) is 11.9. The number of piperidine rings is 1. The lowest BCUT2D eigenvalue weighted by Gasteiger charge is -2.34. The van der Waals surface area contributed by atoms with Crippen molar-refractivity contribution < 1.29 is 18.0 Å². The molecule has 0 aromatic heterocycles. The van der Waals surface area contributed by atoms with Crippen molar-refractivity contribution in [1.82, 2.24) is 0 Å². The molecule has 2 N–H and O–H groups in total. The highest BCUT2D eigenvalue weighted by Crippen LogP contribution is 2.34. The van der Waals surface area contributed by atoms with E-state index >= 15 is 0 Å². The minimum atomic E-state index is -4.47. The summed E-state index contributed by atoms with van der Waals surface area (Å²) in [7, 11) is 0. The van der Waals surface area contributed by atoms with Crippen LogP contribution in [0.3, 0.4) is 0 Å². The SMILES string of the molecule is N#Cc1cc(C(F)(F)F)ccc1N1CCC[C@@H](CC(N)=O)C1. The Bertz CT molecular complexity index is 607. The summed E-state index contributed by atoms with van der Waals surface area (Å²) >= 11 is 0. The molecule has 0 aliphatic carbocycles. The van der Waals surface area contributed by atoms with Gasteiger partial charge in [-0.2, -0.15) is 18.4 Å². The maximum atomic E-state index is 12.7. The highest BCUT2D eigenvalue weighted by atomic mass is 19.4. The van der Waals surface area contributed by atoms with Gasteiger partial charge in [-0.3, -0.25) is 4.79 Å². The van der Waals surface area contributed by atoms with Gasteiger partial charge in [0.25, 0.3) is 0 Å². The number of amides is 1. The van der Waals surface area contributed by atoms with Crippen LogP contribution < -0.4 is 10.6 Å². The molecule has 1 fully saturated rings. The molecule has 0 radical (unpaired) electrons. The van der Waals surface area contributed by atoms with Crippen molar-refractivity contribution in [3.63, 3.8) is 0 Å². The first-order chi connectivity index (χ1) is 10.3. The number of alkyl halides is 3. The molecule has 1 saturated heterocycles. The second kappa shape index (κ2) is 6.26. The van der Waals surface area contributed by atoms with Gasteiger partial charge in [0, 0.05) is 19.5 Å². The first kappa shape index (κ1) is 16.1. The lowest BCUT2D eigenvalue weighted by molar-refractivity contribution is -0.137. The molecule has 22 heavy (non-hydrogen) atoms. The van der Waals surface area contributed by atoms with Gasteiger partial charge >= 0.3 is 6.18 Å². The van der Waals surface area contributed by atoms with Crippen LogP contribution in [0.5, 0.6) is 0 Å². The number of hydrogen-bond acceptors (Lipinski definition) is 3. The molecule has 1 aromatic rings. The van der Waals surface area contributed by atoms with Crippen molar-refractivity contribution in [3.05, 3.63) is 29.3 Å². The predicted molar refractivity (Wildman–Crippen MR) is 74.9 cm³/mol. The summed E-state index contributed by atoms with van der Waals surface area (Å²) in [6, 6.07) is 5.00. The molecule has 1 aliphatic rings. The summed E-state index contributed by atoms with van der Waals surface area (Å²) in [5.74, 6) is -0.320. The Morgan fingerprint density at radius 2 is 2.18 bits per heavy atom. The molecular weight excluding hydrogens is 295 g/mol. The lowest BCUT2D eigenvalue weighted by atomic mass is 9.93. The number of primary amides is 1. The number of carbonyl (C=O) groups is 1. The van der Waals surface area contributed by atoms with Gasteiger partial charge in [-0.25, -0.2) is 0 Å². The second-order valence-electron chi connectivity index (χ2n) is 5.47. The minimum absolute atomic E-state index is 0.00505. The molecule has 0 saturated carbocycles. The summed E-state index contributed by atoms with van der Waals surface area (Å²) in [6.07, 6.45) is -2.56. The minimum Gasteiger partial charge on any atom is -0.370 e. The van der Waals surface area contributed by atoms with Crippen molar-refractivity contribution in [2.45, 2.75) is 25.4 Å². The van der Waals surface area contributed by atoms with Gasteiger partial charge in [-0.15, -0.1) is 0 Å². The van der Waals surface area contributed by atoms with E-state index in [1.165, 1.54) is 6.07 Å². The Balaban J connectivity index is 2.25. The van der Waals surface area contributed by atoms with E-state index in [-0.39, 0.29) is 23.8 Å². The number of nitrogens with two attached hydrogens (primary N) is 1. The molecule has 7 heteroatoms. The fourth-order valence-corrected chi connectivity index (χ4v) is 2.81. The van der Waals surface area contributed by atoms with E-state index < -0.39 is 11.7 Å². The van der Waals surface area contributed by atoms with Crippen molar-refractivity contribution in [2.75, 3.05) is 18.0 Å². The van der Waals surface area contributed by atoms with E-state index in [9.17, 15) is 18.0 Å². The first-order valence-electron chi connectivity index (χ1n) is 6.96. The molecule has 0 bridgehead atoms. The summed E-state index contributed by atoms with van der Waals surface area (Å²) in [4.78, 5) is 12.9. The standard InChI is InChI=1S/C15H16F3N3O/c16-15(17,18)12-3-4-13(11(7-12)8-19)21-5-1-2-10(9-21)6-14(20)22/h3-4,7,10H,1-2,5-6,9H2,(H2,20,22)/t10-/m0/s1. The summed E-state index contributed by atoms with van der Waals surface area (Å²) in [5.41, 5.74) is 4.83. The van der Waals surface area contributed by atoms with Gasteiger partial charge in [-0.05, 0) is 37.0 Å². The molecule has 2 rings (SSSR count). The largest absolute Gasteiger partial charge is 0.416 e. The van der Waals surface area contributed by atoms with Gasteiger partial charge < -0.3 is 10.6 Å². The summed E-state index contributed by atoms with van der Waals surface area (Å²) in [6.45, 7) is 1.16. The van der Waals surface area contributed by atoms with Crippen molar-refractivity contribution in [1.29, 1.82) is 5.26 Å². The predicted octanol–water partition coefficient (Wildman–Crippen LogP) is 2.67. The van der Waals surface area contributed by atoms with Crippen LogP contribution in [-0.2, 0) is 11.0 Å². The third-order valence-electron chi connectivity index (χ3n) is 3.79. The molecule has 1 aliphatic heterocycles. The normalized spacial score (nSPS) is 18.8. The van der Waals surface area contributed by atoms with Crippen molar-refractivity contribution >= 4 is 11.6 Å². The van der Waals surface area contributed by atoms with E-state index in [2.05, 4.69) is 0 Å². The Kier molecular flexibility index (Phi) is 4.59. The van der Waals surface area contributed by atoms with Gasteiger partial charge in [0.2, 0.25) is 5.91 Å². The average molecular weight is 311 g/mol. The van der Waals surface area contributed by atoms with Crippen LogP contribution in [0.15, 0.2) is 18.2 Å². The number of nitrogens with zero attached hydrogens (tertiary/aromatic N) is 2. The van der Waals surface area contributed by atoms with Crippen LogP contribution in [0.4, 0.5) is 18.9 Å². The van der Waals surface area contributed by atoms with Crippen molar-refractivity contribution in [3.8, 4) is 6.07 Å². The average Bonchev–Trinajstić information content (AvgIpc) is 2.45. The lowest BCUT2D eigenvalue weighted by Crippen LogP contribution is -2.37. The third-order valence-corrected chi connectivity index (χ3v) is 3.79. The van der Waals surface area contributed by atoms with E-state index in [1.54, 1.807) is 0 Å². The molecule has 1 aromatic carbocycles. The fourth-order valence-electron chi connectivity index (χ4n) is 2.81. The molecule has 1 heterocycles. The zero-order valence-corrected chi connectivity index (χ0v) is 11.9. The van der Waals surface area contributed by atoms with Gasteiger partial charge in [0.15, 0.2) is 0 Å². The number of anilines is 1. The number of carbonyl (C=O) groups excluding carboxylic acids is 1.